The van der Waals surface area contributed by atoms with E-state index in [0.29, 0.717) is 23.7 Å². The summed E-state index contributed by atoms with van der Waals surface area (Å²) in [4.78, 5) is 19.4. The van der Waals surface area contributed by atoms with Crippen LogP contribution in [-0.2, 0) is 11.3 Å². The smallest absolute Gasteiger partial charge is 0.241 e. The van der Waals surface area contributed by atoms with Crippen molar-refractivity contribution in [2.75, 3.05) is 19.0 Å². The number of nitrogens with zero attached hydrogens (tertiary/aromatic N) is 2. The van der Waals surface area contributed by atoms with Gasteiger partial charge in [-0.1, -0.05) is 30.3 Å². The number of ether oxygens (including phenoxy) is 2. The molecule has 0 saturated carbocycles. The number of amides is 1. The van der Waals surface area contributed by atoms with Crippen molar-refractivity contribution in [3.05, 3.63) is 78.6 Å². The number of carbonyl (C=O) groups is 1. The van der Waals surface area contributed by atoms with Gasteiger partial charge in [0.2, 0.25) is 5.91 Å². The maximum atomic E-state index is 13.1. The molecule has 1 aromatic heterocycles. The number of methoxy groups -OCH3 is 1. The summed E-state index contributed by atoms with van der Waals surface area (Å²) in [6.07, 6.45) is 5.15. The molecule has 0 bridgehead atoms. The molecule has 154 valence electrons. The van der Waals surface area contributed by atoms with Crippen LogP contribution in [0.25, 0.3) is 0 Å². The Bertz CT molecular complexity index is 994. The second-order valence-corrected chi connectivity index (χ2v) is 7.22. The van der Waals surface area contributed by atoms with Gasteiger partial charge >= 0.3 is 0 Å². The number of hydrogen-bond donors (Lipinski definition) is 1. The third kappa shape index (κ3) is 4.60. The lowest BCUT2D eigenvalue weighted by Crippen LogP contribution is -2.39. The number of benzene rings is 2. The molecule has 4 rings (SSSR count). The number of carbonyl (C=O) groups excluding carboxylic acids is 1. The number of pyridine rings is 1. The van der Waals surface area contributed by atoms with Crippen LogP contribution in [0.3, 0.4) is 0 Å². The van der Waals surface area contributed by atoms with E-state index in [4.69, 9.17) is 9.47 Å². The minimum atomic E-state index is -0.193. The van der Waals surface area contributed by atoms with Gasteiger partial charge in [0.1, 0.15) is 11.5 Å². The topological polar surface area (TPSA) is 63.7 Å². The zero-order chi connectivity index (χ0) is 20.8. The molecule has 1 aliphatic heterocycles. The van der Waals surface area contributed by atoms with E-state index in [2.05, 4.69) is 15.2 Å². The van der Waals surface area contributed by atoms with E-state index in [0.717, 1.165) is 30.7 Å². The van der Waals surface area contributed by atoms with E-state index in [9.17, 15) is 4.79 Å². The van der Waals surface area contributed by atoms with Crippen LogP contribution in [0.1, 0.15) is 18.4 Å². The van der Waals surface area contributed by atoms with E-state index in [1.54, 1.807) is 19.5 Å². The van der Waals surface area contributed by atoms with Gasteiger partial charge in [-0.05, 0) is 49.7 Å². The molecular formula is C24H25N3O3. The van der Waals surface area contributed by atoms with Crippen LogP contribution in [0.5, 0.6) is 17.2 Å². The Kier molecular flexibility index (Phi) is 6.25. The van der Waals surface area contributed by atoms with Crippen LogP contribution in [0, 0.1) is 0 Å². The monoisotopic (exact) mass is 403 g/mol. The zero-order valence-corrected chi connectivity index (χ0v) is 17.0. The Labute approximate surface area is 176 Å². The Morgan fingerprint density at radius 1 is 1.10 bits per heavy atom. The summed E-state index contributed by atoms with van der Waals surface area (Å²) < 4.78 is 11.4. The number of anilines is 1. The molecule has 1 N–H and O–H groups in total. The highest BCUT2D eigenvalue weighted by atomic mass is 16.5. The van der Waals surface area contributed by atoms with Crippen molar-refractivity contribution in [3.63, 3.8) is 0 Å². The summed E-state index contributed by atoms with van der Waals surface area (Å²) in [6.45, 7) is 1.56. The largest absolute Gasteiger partial charge is 0.496 e. The van der Waals surface area contributed by atoms with Crippen molar-refractivity contribution < 1.29 is 14.3 Å². The predicted molar refractivity (Wildman–Crippen MR) is 116 cm³/mol. The number of para-hydroxylation sites is 3. The van der Waals surface area contributed by atoms with E-state index >= 15 is 0 Å². The summed E-state index contributed by atoms with van der Waals surface area (Å²) >= 11 is 0. The van der Waals surface area contributed by atoms with Crippen molar-refractivity contribution in [1.82, 2.24) is 9.88 Å². The Morgan fingerprint density at radius 2 is 1.90 bits per heavy atom. The Hall–Kier alpha value is -3.38. The first-order chi connectivity index (χ1) is 14.7. The lowest BCUT2D eigenvalue weighted by Gasteiger charge is -2.25. The van der Waals surface area contributed by atoms with Gasteiger partial charge in [0, 0.05) is 18.3 Å². The highest BCUT2D eigenvalue weighted by Gasteiger charge is 2.31. The molecule has 1 atom stereocenters. The van der Waals surface area contributed by atoms with Gasteiger partial charge in [-0.25, -0.2) is 0 Å². The van der Waals surface area contributed by atoms with Crippen LogP contribution in [0.15, 0.2) is 73.1 Å². The summed E-state index contributed by atoms with van der Waals surface area (Å²) in [7, 11) is 1.67. The van der Waals surface area contributed by atoms with Gasteiger partial charge in [-0.3, -0.25) is 14.7 Å². The fourth-order valence-corrected chi connectivity index (χ4v) is 3.77. The molecule has 3 aromatic rings. The average Bonchev–Trinajstić information content (AvgIpc) is 3.24. The minimum absolute atomic E-state index is 0.0235. The SMILES string of the molecule is COc1ccccc1CN1CCCC1C(=O)Nc1ccccc1Oc1cccnc1. The molecule has 1 saturated heterocycles. The molecular weight excluding hydrogens is 378 g/mol. The molecule has 0 spiro atoms. The van der Waals surface area contributed by atoms with Gasteiger partial charge in [-0.15, -0.1) is 0 Å². The van der Waals surface area contributed by atoms with E-state index in [1.807, 2.05) is 60.7 Å². The first-order valence-corrected chi connectivity index (χ1v) is 10.1. The van der Waals surface area contributed by atoms with Crippen LogP contribution in [-0.4, -0.2) is 35.5 Å². The maximum Gasteiger partial charge on any atom is 0.241 e. The number of aromatic nitrogens is 1. The molecule has 1 amide bonds. The Balaban J connectivity index is 1.47. The fraction of sp³-hybridized carbons (Fsp3) is 0.250. The van der Waals surface area contributed by atoms with Crippen LogP contribution < -0.4 is 14.8 Å². The first kappa shape index (κ1) is 19.9. The van der Waals surface area contributed by atoms with Crippen LogP contribution in [0.2, 0.25) is 0 Å². The highest BCUT2D eigenvalue weighted by molar-refractivity contribution is 5.96. The molecule has 6 nitrogen and oxygen atoms in total. The molecule has 2 heterocycles. The third-order valence-corrected chi connectivity index (χ3v) is 5.24. The van der Waals surface area contributed by atoms with Crippen molar-refractivity contribution in [3.8, 4) is 17.2 Å². The summed E-state index contributed by atoms with van der Waals surface area (Å²) in [5, 5.41) is 3.06. The Morgan fingerprint density at radius 3 is 2.70 bits per heavy atom. The number of rotatable bonds is 7. The summed E-state index contributed by atoms with van der Waals surface area (Å²) in [6, 6.07) is 18.8. The molecule has 1 aliphatic rings. The molecule has 1 fully saturated rings. The molecule has 2 aromatic carbocycles. The lowest BCUT2D eigenvalue weighted by molar-refractivity contribution is -0.120. The molecule has 0 radical (unpaired) electrons. The lowest BCUT2D eigenvalue weighted by atomic mass is 10.1. The van der Waals surface area contributed by atoms with Crippen LogP contribution >= 0.6 is 0 Å². The quantitative estimate of drug-likeness (QED) is 0.630. The second-order valence-electron chi connectivity index (χ2n) is 7.22. The van der Waals surface area contributed by atoms with Gasteiger partial charge in [0.05, 0.1) is 25.0 Å². The van der Waals surface area contributed by atoms with E-state index < -0.39 is 0 Å². The standard InChI is InChI=1S/C24H25N3O3/c1-29-22-12-4-2-8-18(22)17-27-15-7-11-21(27)24(28)26-20-10-3-5-13-23(20)30-19-9-6-14-25-16-19/h2-6,8-10,12-14,16,21H,7,11,15,17H2,1H3,(H,26,28). The molecule has 6 heteroatoms. The normalized spacial score (nSPS) is 16.2. The van der Waals surface area contributed by atoms with Crippen molar-refractivity contribution >= 4 is 11.6 Å². The van der Waals surface area contributed by atoms with E-state index in [-0.39, 0.29) is 11.9 Å². The second kappa shape index (κ2) is 9.41. The molecule has 30 heavy (non-hydrogen) atoms. The van der Waals surface area contributed by atoms with Gasteiger partial charge in [0.25, 0.3) is 0 Å². The summed E-state index contributed by atoms with van der Waals surface area (Å²) in [5.41, 5.74) is 1.73. The van der Waals surface area contributed by atoms with Crippen molar-refractivity contribution in [2.45, 2.75) is 25.4 Å². The number of nitrogens with one attached hydrogen (secondary N) is 1. The molecule has 0 aliphatic carbocycles. The predicted octanol–water partition coefficient (Wildman–Crippen LogP) is 4.49. The van der Waals surface area contributed by atoms with E-state index in [1.165, 1.54) is 0 Å². The zero-order valence-electron chi connectivity index (χ0n) is 17.0. The van der Waals surface area contributed by atoms with Gasteiger partial charge in [0.15, 0.2) is 5.75 Å². The van der Waals surface area contributed by atoms with Gasteiger partial charge in [-0.2, -0.15) is 0 Å². The highest BCUT2D eigenvalue weighted by Crippen LogP contribution is 2.30. The van der Waals surface area contributed by atoms with Gasteiger partial charge < -0.3 is 14.8 Å². The molecule has 1 unspecified atom stereocenters. The van der Waals surface area contributed by atoms with Crippen LogP contribution in [0.4, 0.5) is 5.69 Å². The first-order valence-electron chi connectivity index (χ1n) is 10.1. The number of hydrogen-bond acceptors (Lipinski definition) is 5. The fourth-order valence-electron chi connectivity index (χ4n) is 3.77. The average molecular weight is 403 g/mol. The minimum Gasteiger partial charge on any atom is -0.496 e. The van der Waals surface area contributed by atoms with Crippen molar-refractivity contribution in [2.24, 2.45) is 0 Å². The summed E-state index contributed by atoms with van der Waals surface area (Å²) in [5.74, 6) is 2.04. The maximum absolute atomic E-state index is 13.1. The van der Waals surface area contributed by atoms with Crippen molar-refractivity contribution in [1.29, 1.82) is 0 Å². The third-order valence-electron chi connectivity index (χ3n) is 5.24. The number of likely N-dealkylation sites (tertiary alicyclic amines) is 1.